The summed E-state index contributed by atoms with van der Waals surface area (Å²) in [5, 5.41) is 8.21. The van der Waals surface area contributed by atoms with E-state index in [0.29, 0.717) is 12.3 Å². The minimum Gasteiger partial charge on any atom is -0.461 e. The molecule has 2 aromatic rings. The second kappa shape index (κ2) is 6.08. The molecule has 21 heavy (non-hydrogen) atoms. The van der Waals surface area contributed by atoms with E-state index in [9.17, 15) is 4.79 Å². The van der Waals surface area contributed by atoms with Crippen molar-refractivity contribution in [2.24, 2.45) is 5.92 Å². The Balaban J connectivity index is 1.94. The van der Waals surface area contributed by atoms with Crippen molar-refractivity contribution in [3.05, 3.63) is 36.0 Å². The van der Waals surface area contributed by atoms with Crippen LogP contribution in [-0.2, 0) is 11.3 Å². The van der Waals surface area contributed by atoms with Crippen LogP contribution in [0.2, 0.25) is 0 Å². The van der Waals surface area contributed by atoms with Gasteiger partial charge >= 0.3 is 5.97 Å². The minimum atomic E-state index is -0.408. The van der Waals surface area contributed by atoms with E-state index >= 15 is 0 Å². The molecule has 5 heteroatoms. The maximum absolute atomic E-state index is 12.1. The molecule has 1 saturated carbocycles. The third kappa shape index (κ3) is 3.12. The highest BCUT2D eigenvalue weighted by Gasteiger charge is 2.25. The van der Waals surface area contributed by atoms with Gasteiger partial charge in [0.1, 0.15) is 5.69 Å². The van der Waals surface area contributed by atoms with E-state index in [1.807, 2.05) is 35.0 Å². The summed E-state index contributed by atoms with van der Waals surface area (Å²) in [4.78, 5) is 12.1. The summed E-state index contributed by atoms with van der Waals surface area (Å²) in [6, 6.07) is 9.78. The van der Waals surface area contributed by atoms with Crippen LogP contribution in [0, 0.1) is 5.92 Å². The second-order valence-electron chi connectivity index (χ2n) is 5.33. The Labute approximate surface area is 123 Å². The number of nitrogens with zero attached hydrogens (tertiary/aromatic N) is 3. The Morgan fingerprint density at radius 1 is 1.33 bits per heavy atom. The lowest BCUT2D eigenvalue weighted by Gasteiger charge is -2.07. The van der Waals surface area contributed by atoms with Gasteiger partial charge in [0.2, 0.25) is 0 Å². The summed E-state index contributed by atoms with van der Waals surface area (Å²) in [6.45, 7) is 2.92. The predicted molar refractivity (Wildman–Crippen MR) is 78.8 cm³/mol. The highest BCUT2D eigenvalue weighted by molar-refractivity contribution is 5.94. The van der Waals surface area contributed by atoms with Crippen LogP contribution in [0.1, 0.15) is 36.7 Å². The number of benzene rings is 1. The molecule has 0 unspecified atom stereocenters. The van der Waals surface area contributed by atoms with Crippen molar-refractivity contribution in [1.82, 2.24) is 15.0 Å². The van der Waals surface area contributed by atoms with Gasteiger partial charge in [-0.2, -0.15) is 0 Å². The Hall–Kier alpha value is -2.17. The van der Waals surface area contributed by atoms with Gasteiger partial charge in [0.05, 0.1) is 6.61 Å². The molecule has 0 atom stereocenters. The molecule has 5 nitrogen and oxygen atoms in total. The normalized spacial score (nSPS) is 14.1. The minimum absolute atomic E-state index is 0.304. The Morgan fingerprint density at radius 3 is 2.76 bits per heavy atom. The molecule has 110 valence electrons. The Kier molecular flexibility index (Phi) is 3.99. The molecule has 0 radical (unpaired) electrons. The van der Waals surface area contributed by atoms with E-state index in [2.05, 4.69) is 10.3 Å². The third-order valence-electron chi connectivity index (χ3n) is 3.70. The fourth-order valence-corrected chi connectivity index (χ4v) is 2.40. The molecule has 0 bridgehead atoms. The molecule has 1 heterocycles. The zero-order valence-corrected chi connectivity index (χ0v) is 12.2. The van der Waals surface area contributed by atoms with Gasteiger partial charge in [0.25, 0.3) is 0 Å². The zero-order chi connectivity index (χ0) is 14.7. The number of hydrogen-bond acceptors (Lipinski definition) is 4. The summed E-state index contributed by atoms with van der Waals surface area (Å²) in [5.41, 5.74) is 2.01. The molecule has 1 aliphatic rings. The third-order valence-corrected chi connectivity index (χ3v) is 3.70. The van der Waals surface area contributed by atoms with Gasteiger partial charge in [-0.25, -0.2) is 9.48 Å². The molecule has 0 spiro atoms. The van der Waals surface area contributed by atoms with E-state index in [-0.39, 0.29) is 0 Å². The summed E-state index contributed by atoms with van der Waals surface area (Å²) in [5.74, 6) is 0.401. The quantitative estimate of drug-likeness (QED) is 0.766. The molecule has 1 aromatic carbocycles. The van der Waals surface area contributed by atoms with Crippen LogP contribution in [0.5, 0.6) is 0 Å². The summed E-state index contributed by atoms with van der Waals surface area (Å²) >= 11 is 0. The zero-order valence-electron chi connectivity index (χ0n) is 12.2. The lowest BCUT2D eigenvalue weighted by Crippen LogP contribution is -2.08. The number of aryl methyl sites for hydroxylation is 1. The average molecular weight is 285 g/mol. The van der Waals surface area contributed by atoms with Crippen molar-refractivity contribution in [3.8, 4) is 11.3 Å². The van der Waals surface area contributed by atoms with Crippen molar-refractivity contribution >= 4 is 5.97 Å². The highest BCUT2D eigenvalue weighted by atomic mass is 16.5. The molecule has 0 amide bonds. The van der Waals surface area contributed by atoms with Crippen LogP contribution < -0.4 is 0 Å². The fraction of sp³-hybridized carbons (Fsp3) is 0.438. The first-order valence-corrected chi connectivity index (χ1v) is 7.45. The number of rotatable bonds is 6. The molecule has 0 N–H and O–H groups in total. The predicted octanol–water partition coefficient (Wildman–Crippen LogP) is 2.92. The van der Waals surface area contributed by atoms with E-state index in [1.54, 1.807) is 6.92 Å². The highest BCUT2D eigenvalue weighted by Crippen LogP contribution is 2.33. The fourth-order valence-electron chi connectivity index (χ4n) is 2.40. The first-order chi connectivity index (χ1) is 10.3. The SMILES string of the molecule is CCOC(=O)c1nnn(CCC2CC2)c1-c1ccccc1. The number of hydrogen-bond donors (Lipinski definition) is 0. The topological polar surface area (TPSA) is 57.0 Å². The molecular weight excluding hydrogens is 266 g/mol. The molecule has 3 rings (SSSR count). The molecule has 0 saturated heterocycles. The van der Waals surface area contributed by atoms with Gasteiger partial charge < -0.3 is 4.74 Å². The first kappa shape index (κ1) is 13.8. The van der Waals surface area contributed by atoms with Gasteiger partial charge in [-0.15, -0.1) is 5.10 Å². The lowest BCUT2D eigenvalue weighted by molar-refractivity contribution is 0.0520. The molecule has 0 aliphatic heterocycles. The number of carbonyl (C=O) groups excluding carboxylic acids is 1. The standard InChI is InChI=1S/C16H19N3O2/c1-2-21-16(20)14-15(13-6-4-3-5-7-13)19(18-17-14)11-10-12-8-9-12/h3-7,12H,2,8-11H2,1H3. The van der Waals surface area contributed by atoms with Crippen molar-refractivity contribution in [1.29, 1.82) is 0 Å². The van der Waals surface area contributed by atoms with E-state index in [4.69, 9.17) is 4.74 Å². The van der Waals surface area contributed by atoms with Crippen LogP contribution in [0.3, 0.4) is 0 Å². The van der Waals surface area contributed by atoms with Crippen LogP contribution in [-0.4, -0.2) is 27.6 Å². The smallest absolute Gasteiger partial charge is 0.361 e. The summed E-state index contributed by atoms with van der Waals surface area (Å²) in [7, 11) is 0. The number of aromatic nitrogens is 3. The monoisotopic (exact) mass is 285 g/mol. The lowest BCUT2D eigenvalue weighted by atomic mass is 10.1. The van der Waals surface area contributed by atoms with Gasteiger partial charge in [-0.3, -0.25) is 0 Å². The van der Waals surface area contributed by atoms with Crippen LogP contribution >= 0.6 is 0 Å². The van der Waals surface area contributed by atoms with Crippen LogP contribution in [0.15, 0.2) is 30.3 Å². The van der Waals surface area contributed by atoms with Gasteiger partial charge in [-0.1, -0.05) is 48.4 Å². The number of ether oxygens (including phenoxy) is 1. The van der Waals surface area contributed by atoms with E-state index in [0.717, 1.165) is 30.1 Å². The Bertz CT molecular complexity index is 618. The maximum atomic E-state index is 12.1. The largest absolute Gasteiger partial charge is 0.461 e. The van der Waals surface area contributed by atoms with Crippen molar-refractivity contribution in [3.63, 3.8) is 0 Å². The Morgan fingerprint density at radius 2 is 2.10 bits per heavy atom. The maximum Gasteiger partial charge on any atom is 0.361 e. The molecular formula is C16H19N3O2. The second-order valence-corrected chi connectivity index (χ2v) is 5.33. The average Bonchev–Trinajstić information content (AvgIpc) is 3.24. The molecule has 1 aromatic heterocycles. The van der Waals surface area contributed by atoms with Gasteiger partial charge in [0.15, 0.2) is 5.69 Å². The van der Waals surface area contributed by atoms with Crippen LogP contribution in [0.25, 0.3) is 11.3 Å². The summed E-state index contributed by atoms with van der Waals surface area (Å²) < 4.78 is 6.92. The van der Waals surface area contributed by atoms with E-state index in [1.165, 1.54) is 12.8 Å². The van der Waals surface area contributed by atoms with Gasteiger partial charge in [0, 0.05) is 12.1 Å². The van der Waals surface area contributed by atoms with Crippen molar-refractivity contribution < 1.29 is 9.53 Å². The molecule has 1 aliphatic carbocycles. The van der Waals surface area contributed by atoms with Crippen molar-refractivity contribution in [2.75, 3.05) is 6.61 Å². The first-order valence-electron chi connectivity index (χ1n) is 7.45. The summed E-state index contributed by atoms with van der Waals surface area (Å²) in [6.07, 6.45) is 3.70. The number of esters is 1. The van der Waals surface area contributed by atoms with Gasteiger partial charge in [-0.05, 0) is 19.3 Å². The van der Waals surface area contributed by atoms with Crippen molar-refractivity contribution in [2.45, 2.75) is 32.7 Å². The number of carbonyl (C=O) groups is 1. The van der Waals surface area contributed by atoms with E-state index < -0.39 is 5.97 Å². The van der Waals surface area contributed by atoms with Crippen LogP contribution in [0.4, 0.5) is 0 Å². The molecule has 1 fully saturated rings.